The number of nitro benzene ring substituents is 1. The summed E-state index contributed by atoms with van der Waals surface area (Å²) in [6, 6.07) is 21.3. The third kappa shape index (κ3) is 7.29. The number of carbonyl (C=O) groups excluding carboxylic acids is 2. The largest absolute Gasteiger partial charge is 0.340 e. The summed E-state index contributed by atoms with van der Waals surface area (Å²) in [4.78, 5) is 36.1. The molecule has 4 aromatic rings. The van der Waals surface area contributed by atoms with Crippen LogP contribution in [0.1, 0.15) is 11.1 Å². The highest BCUT2D eigenvalue weighted by Gasteiger charge is 2.22. The Kier molecular flexibility index (Phi) is 8.34. The molecule has 0 bridgehead atoms. The number of rotatable bonds is 9. The summed E-state index contributed by atoms with van der Waals surface area (Å²) in [5, 5.41) is 25.9. The van der Waals surface area contributed by atoms with Crippen LogP contribution in [0.3, 0.4) is 0 Å². The molecule has 0 spiro atoms. The van der Waals surface area contributed by atoms with Gasteiger partial charge in [0.05, 0.1) is 4.92 Å². The predicted octanol–water partition coefficient (Wildman–Crippen LogP) is 5.15. The molecule has 11 heteroatoms. The zero-order chi connectivity index (χ0) is 26.2. The molecule has 2 amide bonds. The van der Waals surface area contributed by atoms with E-state index in [1.807, 2.05) is 42.5 Å². The SMILES string of the molecule is O=C(/C=C/c1ccc([N+](=O)[O-])cc1)NC(Cc1ccccc1)C(=O)Nc1nnc(-c2ccc(Cl)cc2)s1. The molecule has 0 aliphatic carbocycles. The fraction of sp³-hybridized carbons (Fsp3) is 0.0769. The standard InChI is InChI=1S/C26H20ClN5O4S/c27-20-11-9-19(10-12-20)25-30-31-26(37-25)29-24(34)22(16-18-4-2-1-3-5-18)28-23(33)15-8-17-6-13-21(14-7-17)32(35)36/h1-15,22H,16H2,(H,28,33)(H,29,31,34)/b15-8+. The Hall–Kier alpha value is -4.41. The van der Waals surface area contributed by atoms with Gasteiger partial charge in [0.1, 0.15) is 11.0 Å². The van der Waals surface area contributed by atoms with Crippen molar-refractivity contribution in [2.45, 2.75) is 12.5 Å². The molecule has 3 aromatic carbocycles. The number of halogens is 1. The molecule has 2 N–H and O–H groups in total. The zero-order valence-electron chi connectivity index (χ0n) is 19.2. The average molecular weight is 534 g/mol. The lowest BCUT2D eigenvalue weighted by Crippen LogP contribution is -2.44. The Morgan fingerprint density at radius 3 is 2.38 bits per heavy atom. The van der Waals surface area contributed by atoms with Crippen LogP contribution in [0.25, 0.3) is 16.6 Å². The number of aromatic nitrogens is 2. The number of anilines is 1. The van der Waals surface area contributed by atoms with Crippen molar-refractivity contribution in [3.05, 3.63) is 111 Å². The van der Waals surface area contributed by atoms with Crippen molar-refractivity contribution in [3.8, 4) is 10.6 Å². The van der Waals surface area contributed by atoms with Crippen molar-refractivity contribution in [2.75, 3.05) is 5.32 Å². The van der Waals surface area contributed by atoms with E-state index >= 15 is 0 Å². The van der Waals surface area contributed by atoms with E-state index < -0.39 is 22.8 Å². The van der Waals surface area contributed by atoms with Crippen molar-refractivity contribution < 1.29 is 14.5 Å². The van der Waals surface area contributed by atoms with Gasteiger partial charge in [0.25, 0.3) is 5.69 Å². The van der Waals surface area contributed by atoms with Gasteiger partial charge in [-0.3, -0.25) is 25.0 Å². The molecule has 0 aliphatic heterocycles. The molecular weight excluding hydrogens is 514 g/mol. The topological polar surface area (TPSA) is 127 Å². The van der Waals surface area contributed by atoms with Crippen molar-refractivity contribution in [3.63, 3.8) is 0 Å². The molecular formula is C26H20ClN5O4S. The van der Waals surface area contributed by atoms with E-state index in [0.29, 0.717) is 20.7 Å². The maximum Gasteiger partial charge on any atom is 0.269 e. The molecule has 1 atom stereocenters. The molecule has 4 rings (SSSR count). The second-order valence-electron chi connectivity index (χ2n) is 7.84. The monoisotopic (exact) mass is 533 g/mol. The lowest BCUT2D eigenvalue weighted by atomic mass is 10.1. The van der Waals surface area contributed by atoms with E-state index in [-0.39, 0.29) is 12.1 Å². The molecule has 1 heterocycles. The number of nitrogens with zero attached hydrogens (tertiary/aromatic N) is 3. The van der Waals surface area contributed by atoms with Crippen LogP contribution in [0.15, 0.2) is 84.9 Å². The van der Waals surface area contributed by atoms with Crippen LogP contribution in [0.4, 0.5) is 10.8 Å². The summed E-state index contributed by atoms with van der Waals surface area (Å²) in [7, 11) is 0. The molecule has 1 aromatic heterocycles. The summed E-state index contributed by atoms with van der Waals surface area (Å²) >= 11 is 7.14. The average Bonchev–Trinajstić information content (AvgIpc) is 3.36. The fourth-order valence-electron chi connectivity index (χ4n) is 3.33. The number of nitro groups is 1. The molecule has 0 aliphatic rings. The van der Waals surface area contributed by atoms with E-state index in [9.17, 15) is 19.7 Å². The van der Waals surface area contributed by atoms with Crippen molar-refractivity contribution in [1.29, 1.82) is 0 Å². The second kappa shape index (κ2) is 12.0. The lowest BCUT2D eigenvalue weighted by molar-refractivity contribution is -0.384. The minimum Gasteiger partial charge on any atom is -0.340 e. The summed E-state index contributed by atoms with van der Waals surface area (Å²) in [5.41, 5.74) is 2.24. The van der Waals surface area contributed by atoms with Crippen molar-refractivity contribution >= 4 is 51.6 Å². The first-order chi connectivity index (χ1) is 17.9. The number of hydrogen-bond donors (Lipinski definition) is 2. The summed E-state index contributed by atoms with van der Waals surface area (Å²) in [6.07, 6.45) is 3.04. The van der Waals surface area contributed by atoms with Crippen LogP contribution in [-0.4, -0.2) is 33.0 Å². The van der Waals surface area contributed by atoms with Gasteiger partial charge in [0.2, 0.25) is 16.9 Å². The van der Waals surface area contributed by atoms with Gasteiger partial charge < -0.3 is 5.32 Å². The minimum absolute atomic E-state index is 0.0444. The third-order valence-electron chi connectivity index (χ3n) is 5.19. The first kappa shape index (κ1) is 25.7. The molecule has 9 nitrogen and oxygen atoms in total. The Bertz CT molecular complexity index is 1420. The summed E-state index contributed by atoms with van der Waals surface area (Å²) in [5.74, 6) is -0.937. The van der Waals surface area contributed by atoms with Crippen LogP contribution in [0.2, 0.25) is 5.02 Å². The predicted molar refractivity (Wildman–Crippen MR) is 143 cm³/mol. The number of nitrogens with one attached hydrogen (secondary N) is 2. The molecule has 1 unspecified atom stereocenters. The highest BCUT2D eigenvalue weighted by molar-refractivity contribution is 7.18. The van der Waals surface area contributed by atoms with Gasteiger partial charge in [-0.15, -0.1) is 10.2 Å². The maximum atomic E-state index is 13.1. The van der Waals surface area contributed by atoms with Gasteiger partial charge >= 0.3 is 0 Å². The van der Waals surface area contributed by atoms with E-state index in [1.165, 1.54) is 47.8 Å². The number of non-ortho nitro benzene ring substituents is 1. The molecule has 0 fully saturated rings. The molecule has 0 saturated heterocycles. The number of amides is 2. The summed E-state index contributed by atoms with van der Waals surface area (Å²) in [6.45, 7) is 0. The number of hydrogen-bond acceptors (Lipinski definition) is 7. The Morgan fingerprint density at radius 2 is 1.70 bits per heavy atom. The first-order valence-corrected chi connectivity index (χ1v) is 12.2. The highest BCUT2D eigenvalue weighted by Crippen LogP contribution is 2.27. The Morgan fingerprint density at radius 1 is 1.00 bits per heavy atom. The molecule has 0 saturated carbocycles. The number of carbonyl (C=O) groups is 2. The van der Waals surface area contributed by atoms with E-state index in [0.717, 1.165) is 11.1 Å². The highest BCUT2D eigenvalue weighted by atomic mass is 35.5. The second-order valence-corrected chi connectivity index (χ2v) is 9.26. The minimum atomic E-state index is -0.890. The zero-order valence-corrected chi connectivity index (χ0v) is 20.8. The van der Waals surface area contributed by atoms with Crippen LogP contribution < -0.4 is 10.6 Å². The molecule has 0 radical (unpaired) electrons. The first-order valence-electron chi connectivity index (χ1n) is 11.0. The smallest absolute Gasteiger partial charge is 0.269 e. The maximum absolute atomic E-state index is 13.1. The van der Waals surface area contributed by atoms with Gasteiger partial charge in [-0.25, -0.2) is 0 Å². The van der Waals surface area contributed by atoms with Gasteiger partial charge in [0, 0.05) is 35.2 Å². The van der Waals surface area contributed by atoms with Crippen LogP contribution in [0.5, 0.6) is 0 Å². The van der Waals surface area contributed by atoms with Crippen LogP contribution >= 0.6 is 22.9 Å². The lowest BCUT2D eigenvalue weighted by Gasteiger charge is -2.17. The van der Waals surface area contributed by atoms with Crippen LogP contribution in [-0.2, 0) is 16.0 Å². The molecule has 37 heavy (non-hydrogen) atoms. The van der Waals surface area contributed by atoms with Gasteiger partial charge in [-0.1, -0.05) is 65.4 Å². The van der Waals surface area contributed by atoms with Crippen molar-refractivity contribution in [1.82, 2.24) is 15.5 Å². The normalized spacial score (nSPS) is 11.7. The van der Waals surface area contributed by atoms with Crippen molar-refractivity contribution in [2.24, 2.45) is 0 Å². The van der Waals surface area contributed by atoms with Gasteiger partial charge in [-0.05, 0) is 41.5 Å². The van der Waals surface area contributed by atoms with Gasteiger partial charge in [-0.2, -0.15) is 0 Å². The number of benzene rings is 3. The van der Waals surface area contributed by atoms with Gasteiger partial charge in [0.15, 0.2) is 0 Å². The fourth-order valence-corrected chi connectivity index (χ4v) is 4.21. The molecule has 186 valence electrons. The quantitative estimate of drug-likeness (QED) is 0.174. The summed E-state index contributed by atoms with van der Waals surface area (Å²) < 4.78 is 0. The Balaban J connectivity index is 1.45. The van der Waals surface area contributed by atoms with E-state index in [4.69, 9.17) is 11.6 Å². The Labute approximate surface area is 221 Å². The van der Waals surface area contributed by atoms with E-state index in [1.54, 1.807) is 12.1 Å². The third-order valence-corrected chi connectivity index (χ3v) is 6.33. The van der Waals surface area contributed by atoms with E-state index in [2.05, 4.69) is 20.8 Å². The van der Waals surface area contributed by atoms with Crippen LogP contribution in [0, 0.1) is 10.1 Å².